The first-order valence-electron chi connectivity index (χ1n) is 8.28. The van der Waals surface area contributed by atoms with Gasteiger partial charge < -0.3 is 9.64 Å². The van der Waals surface area contributed by atoms with Gasteiger partial charge in [0.05, 0.1) is 29.2 Å². The molecule has 26 heavy (non-hydrogen) atoms. The van der Waals surface area contributed by atoms with Crippen molar-refractivity contribution in [3.63, 3.8) is 0 Å². The number of amides is 1. The molecule has 0 saturated carbocycles. The summed E-state index contributed by atoms with van der Waals surface area (Å²) in [6.45, 7) is 0.314. The SMILES string of the molecule is COc1ccc(CN(C(=O)c2ccccc2Cl)C2CCS(=O)(=O)C2)cc1. The van der Waals surface area contributed by atoms with Crippen LogP contribution in [-0.2, 0) is 16.4 Å². The Hall–Kier alpha value is -2.05. The van der Waals surface area contributed by atoms with Gasteiger partial charge in [-0.05, 0) is 36.2 Å². The predicted molar refractivity (Wildman–Crippen MR) is 101 cm³/mol. The Morgan fingerprint density at radius 2 is 1.88 bits per heavy atom. The molecule has 1 aliphatic rings. The third kappa shape index (κ3) is 4.19. The van der Waals surface area contributed by atoms with Crippen LogP contribution < -0.4 is 4.74 Å². The number of ether oxygens (including phenoxy) is 1. The van der Waals surface area contributed by atoms with E-state index in [1.807, 2.05) is 24.3 Å². The molecule has 1 fully saturated rings. The molecule has 2 aromatic carbocycles. The second-order valence-electron chi connectivity index (χ2n) is 6.32. The molecule has 1 aliphatic heterocycles. The van der Waals surface area contributed by atoms with E-state index in [4.69, 9.17) is 16.3 Å². The second kappa shape index (κ2) is 7.68. The average molecular weight is 394 g/mol. The molecule has 1 atom stereocenters. The van der Waals surface area contributed by atoms with Crippen molar-refractivity contribution >= 4 is 27.3 Å². The van der Waals surface area contributed by atoms with Gasteiger partial charge in [-0.25, -0.2) is 8.42 Å². The highest BCUT2D eigenvalue weighted by Crippen LogP contribution is 2.25. The molecule has 0 aromatic heterocycles. The minimum Gasteiger partial charge on any atom is -0.497 e. The Kier molecular flexibility index (Phi) is 5.53. The standard InChI is InChI=1S/C19H20ClNO4S/c1-25-16-8-6-14(7-9-16)12-21(15-10-11-26(23,24)13-15)19(22)17-4-2-3-5-18(17)20/h2-9,15H,10-13H2,1H3. The number of nitrogens with zero attached hydrogens (tertiary/aromatic N) is 1. The van der Waals surface area contributed by atoms with Crippen LogP contribution in [0.4, 0.5) is 0 Å². The number of carbonyl (C=O) groups excluding carboxylic acids is 1. The lowest BCUT2D eigenvalue weighted by atomic mass is 10.1. The zero-order chi connectivity index (χ0) is 18.7. The molecule has 1 amide bonds. The number of hydrogen-bond donors (Lipinski definition) is 0. The largest absolute Gasteiger partial charge is 0.497 e. The van der Waals surface area contributed by atoms with Gasteiger partial charge in [0.15, 0.2) is 9.84 Å². The van der Waals surface area contributed by atoms with Gasteiger partial charge in [0.25, 0.3) is 5.91 Å². The molecule has 0 spiro atoms. The molecule has 2 aromatic rings. The van der Waals surface area contributed by atoms with E-state index in [9.17, 15) is 13.2 Å². The fraction of sp³-hybridized carbons (Fsp3) is 0.316. The van der Waals surface area contributed by atoms with Crippen LogP contribution in [0.5, 0.6) is 5.75 Å². The van der Waals surface area contributed by atoms with Crippen LogP contribution in [0.15, 0.2) is 48.5 Å². The van der Waals surface area contributed by atoms with Gasteiger partial charge in [-0.2, -0.15) is 0 Å². The number of halogens is 1. The van der Waals surface area contributed by atoms with Crippen LogP contribution in [0, 0.1) is 0 Å². The Bertz CT molecular complexity index is 896. The predicted octanol–water partition coefficient (Wildman–Crippen LogP) is 3.18. The van der Waals surface area contributed by atoms with Crippen LogP contribution >= 0.6 is 11.6 Å². The van der Waals surface area contributed by atoms with Crippen LogP contribution in [0.3, 0.4) is 0 Å². The maximum absolute atomic E-state index is 13.1. The normalized spacial score (nSPS) is 18.5. The third-order valence-corrected chi connectivity index (χ3v) is 6.61. The monoisotopic (exact) mass is 393 g/mol. The molecule has 138 valence electrons. The van der Waals surface area contributed by atoms with E-state index in [1.165, 1.54) is 0 Å². The second-order valence-corrected chi connectivity index (χ2v) is 8.95. The summed E-state index contributed by atoms with van der Waals surface area (Å²) < 4.78 is 29.0. The highest BCUT2D eigenvalue weighted by molar-refractivity contribution is 7.91. The average Bonchev–Trinajstić information content (AvgIpc) is 2.99. The number of methoxy groups -OCH3 is 1. The Morgan fingerprint density at radius 3 is 2.46 bits per heavy atom. The van der Waals surface area contributed by atoms with E-state index >= 15 is 0 Å². The van der Waals surface area contributed by atoms with Gasteiger partial charge in [0.2, 0.25) is 0 Å². The number of benzene rings is 2. The van der Waals surface area contributed by atoms with Gasteiger partial charge in [0, 0.05) is 12.6 Å². The summed E-state index contributed by atoms with van der Waals surface area (Å²) in [7, 11) is -1.53. The maximum Gasteiger partial charge on any atom is 0.255 e. The quantitative estimate of drug-likeness (QED) is 0.782. The lowest BCUT2D eigenvalue weighted by molar-refractivity contribution is 0.0681. The third-order valence-electron chi connectivity index (χ3n) is 4.53. The van der Waals surface area contributed by atoms with Crippen molar-refractivity contribution < 1.29 is 17.9 Å². The van der Waals surface area contributed by atoms with E-state index in [2.05, 4.69) is 0 Å². The summed E-state index contributed by atoms with van der Waals surface area (Å²) >= 11 is 6.19. The molecular weight excluding hydrogens is 374 g/mol. The molecule has 3 rings (SSSR count). The van der Waals surface area contributed by atoms with Crippen molar-refractivity contribution in [2.45, 2.75) is 19.0 Å². The summed E-state index contributed by atoms with van der Waals surface area (Å²) in [4.78, 5) is 14.7. The highest BCUT2D eigenvalue weighted by atomic mass is 35.5. The van der Waals surface area contributed by atoms with Crippen LogP contribution in [0.1, 0.15) is 22.3 Å². The molecule has 0 N–H and O–H groups in total. The van der Waals surface area contributed by atoms with E-state index < -0.39 is 9.84 Å². The summed E-state index contributed by atoms with van der Waals surface area (Å²) in [5.74, 6) is 0.557. The first-order valence-corrected chi connectivity index (χ1v) is 10.5. The number of carbonyl (C=O) groups is 1. The summed E-state index contributed by atoms with van der Waals surface area (Å²) in [6, 6.07) is 13.8. The minimum atomic E-state index is -3.12. The number of sulfone groups is 1. The summed E-state index contributed by atoms with van der Waals surface area (Å²) in [6.07, 6.45) is 0.439. The fourth-order valence-corrected chi connectivity index (χ4v) is 5.05. The molecule has 0 aliphatic carbocycles. The number of hydrogen-bond acceptors (Lipinski definition) is 4. The number of rotatable bonds is 5. The fourth-order valence-electron chi connectivity index (χ4n) is 3.10. The van der Waals surface area contributed by atoms with E-state index in [0.717, 1.165) is 11.3 Å². The summed E-state index contributed by atoms with van der Waals surface area (Å²) in [5, 5.41) is 0.359. The first-order chi connectivity index (χ1) is 12.4. The topological polar surface area (TPSA) is 63.7 Å². The minimum absolute atomic E-state index is 0.0145. The van der Waals surface area contributed by atoms with Gasteiger partial charge in [-0.3, -0.25) is 4.79 Å². The van der Waals surface area contributed by atoms with E-state index in [-0.39, 0.29) is 23.5 Å². The zero-order valence-electron chi connectivity index (χ0n) is 14.4. The Labute approximate surface area is 158 Å². The molecule has 1 unspecified atom stereocenters. The van der Waals surface area contributed by atoms with E-state index in [0.29, 0.717) is 23.6 Å². The lowest BCUT2D eigenvalue weighted by Gasteiger charge is -2.29. The van der Waals surface area contributed by atoms with Crippen molar-refractivity contribution in [1.29, 1.82) is 0 Å². The van der Waals surface area contributed by atoms with Gasteiger partial charge in [0.1, 0.15) is 5.75 Å². The molecule has 0 bridgehead atoms. The van der Waals surface area contributed by atoms with Crippen molar-refractivity contribution in [3.8, 4) is 5.75 Å². The van der Waals surface area contributed by atoms with Crippen LogP contribution in [0.2, 0.25) is 5.02 Å². The molecule has 7 heteroatoms. The first kappa shape index (κ1) is 18.7. The van der Waals surface area contributed by atoms with Crippen molar-refractivity contribution in [2.75, 3.05) is 18.6 Å². The highest BCUT2D eigenvalue weighted by Gasteiger charge is 2.35. The maximum atomic E-state index is 13.1. The van der Waals surface area contributed by atoms with Gasteiger partial charge in [-0.1, -0.05) is 35.9 Å². The van der Waals surface area contributed by atoms with Gasteiger partial charge in [-0.15, -0.1) is 0 Å². The van der Waals surface area contributed by atoms with Crippen molar-refractivity contribution in [1.82, 2.24) is 4.90 Å². The van der Waals surface area contributed by atoms with E-state index in [1.54, 1.807) is 36.3 Å². The molecule has 1 heterocycles. The smallest absolute Gasteiger partial charge is 0.255 e. The van der Waals surface area contributed by atoms with Crippen molar-refractivity contribution in [2.24, 2.45) is 0 Å². The molecule has 0 radical (unpaired) electrons. The lowest BCUT2D eigenvalue weighted by Crippen LogP contribution is -2.40. The van der Waals surface area contributed by atoms with Gasteiger partial charge >= 0.3 is 0 Å². The van der Waals surface area contributed by atoms with Crippen LogP contribution in [-0.4, -0.2) is 43.9 Å². The Balaban J connectivity index is 1.91. The zero-order valence-corrected chi connectivity index (χ0v) is 16.0. The summed E-state index contributed by atoms with van der Waals surface area (Å²) in [5.41, 5.74) is 1.28. The Morgan fingerprint density at radius 1 is 1.19 bits per heavy atom. The molecule has 5 nitrogen and oxygen atoms in total. The molecule has 1 saturated heterocycles. The molecular formula is C19H20ClNO4S. The van der Waals surface area contributed by atoms with Crippen LogP contribution in [0.25, 0.3) is 0 Å². The van der Waals surface area contributed by atoms with Crippen molar-refractivity contribution in [3.05, 3.63) is 64.7 Å².